The van der Waals surface area contributed by atoms with Gasteiger partial charge in [-0.25, -0.2) is 4.99 Å². The lowest BCUT2D eigenvalue weighted by Crippen LogP contribution is -2.56. The second-order valence-electron chi connectivity index (χ2n) is 9.10. The van der Waals surface area contributed by atoms with E-state index in [0.29, 0.717) is 31.2 Å². The fourth-order valence-electron chi connectivity index (χ4n) is 4.54. The van der Waals surface area contributed by atoms with Crippen LogP contribution in [-0.4, -0.2) is 46.4 Å². The Morgan fingerprint density at radius 3 is 2.67 bits per heavy atom. The molecule has 0 aliphatic carbocycles. The van der Waals surface area contributed by atoms with E-state index in [4.69, 9.17) is 22.1 Å². The minimum absolute atomic E-state index is 0.00607. The maximum Gasteiger partial charge on any atom is 0.417 e. The Kier molecular flexibility index (Phi) is 6.98. The van der Waals surface area contributed by atoms with Gasteiger partial charge in [-0.3, -0.25) is 19.5 Å². The Morgan fingerprint density at radius 2 is 2.06 bits per heavy atom. The highest BCUT2D eigenvalue weighted by Gasteiger charge is 2.42. The summed E-state index contributed by atoms with van der Waals surface area (Å²) in [6, 6.07) is 6.50. The largest absolute Gasteiger partial charge is 0.417 e. The number of carbonyl (C=O) groups is 2. The summed E-state index contributed by atoms with van der Waals surface area (Å²) in [4.78, 5) is 35.5. The summed E-state index contributed by atoms with van der Waals surface area (Å²) >= 11 is 6.61. The SMILES string of the molecule is C[C@@H]1C[C@H](N2C(=O)C[C@@](C)(c3cccc(NC(=O)c4ccc(C(F)(F)F)cn4)c3Cl)N=C2N)CCO1. The van der Waals surface area contributed by atoms with E-state index in [-0.39, 0.29) is 46.8 Å². The molecule has 1 aromatic heterocycles. The van der Waals surface area contributed by atoms with Gasteiger partial charge in [0.1, 0.15) is 5.69 Å². The fourth-order valence-corrected chi connectivity index (χ4v) is 4.91. The Balaban J connectivity index is 1.57. The number of pyridine rings is 1. The molecular formula is C24H25ClF3N5O3. The number of halogens is 4. The van der Waals surface area contributed by atoms with Crippen LogP contribution in [0, 0.1) is 0 Å². The molecule has 4 rings (SSSR count). The number of ether oxygens (including phenoxy) is 1. The normalized spacial score (nSPS) is 24.9. The van der Waals surface area contributed by atoms with Gasteiger partial charge in [0.05, 0.1) is 34.3 Å². The lowest BCUT2D eigenvalue weighted by Gasteiger charge is -2.41. The minimum Gasteiger partial charge on any atom is -0.378 e. The van der Waals surface area contributed by atoms with Crippen molar-refractivity contribution in [3.05, 3.63) is 58.4 Å². The highest BCUT2D eigenvalue weighted by Crippen LogP contribution is 2.41. The third-order valence-electron chi connectivity index (χ3n) is 6.35. The Bertz CT molecular complexity index is 1200. The van der Waals surface area contributed by atoms with Crippen molar-refractivity contribution < 1.29 is 27.5 Å². The number of nitrogens with zero attached hydrogens (tertiary/aromatic N) is 3. The molecule has 2 aliphatic heterocycles. The first-order valence-corrected chi connectivity index (χ1v) is 11.7. The van der Waals surface area contributed by atoms with Crippen LogP contribution in [0.3, 0.4) is 0 Å². The van der Waals surface area contributed by atoms with Crippen LogP contribution in [0.15, 0.2) is 41.5 Å². The lowest BCUT2D eigenvalue weighted by molar-refractivity contribution is -0.138. The van der Waals surface area contributed by atoms with Crippen LogP contribution in [0.5, 0.6) is 0 Å². The average Bonchev–Trinajstić information content (AvgIpc) is 2.79. The summed E-state index contributed by atoms with van der Waals surface area (Å²) in [6.45, 7) is 4.20. The van der Waals surface area contributed by atoms with Gasteiger partial charge in [-0.15, -0.1) is 0 Å². The van der Waals surface area contributed by atoms with Crippen LogP contribution >= 0.6 is 11.6 Å². The molecule has 1 saturated heterocycles. The van der Waals surface area contributed by atoms with Gasteiger partial charge in [0.15, 0.2) is 5.96 Å². The monoisotopic (exact) mass is 523 g/mol. The lowest BCUT2D eigenvalue weighted by atomic mass is 9.86. The van der Waals surface area contributed by atoms with Crippen molar-refractivity contribution in [2.45, 2.75) is 57.0 Å². The van der Waals surface area contributed by atoms with E-state index in [2.05, 4.69) is 15.3 Å². The van der Waals surface area contributed by atoms with Gasteiger partial charge in [0.2, 0.25) is 5.91 Å². The molecule has 12 heteroatoms. The summed E-state index contributed by atoms with van der Waals surface area (Å²) in [5.74, 6) is -0.841. The van der Waals surface area contributed by atoms with Crippen molar-refractivity contribution in [2.24, 2.45) is 10.7 Å². The molecule has 1 aromatic carbocycles. The second-order valence-corrected chi connectivity index (χ2v) is 9.47. The Hall–Kier alpha value is -3.18. The molecule has 0 saturated carbocycles. The molecule has 36 heavy (non-hydrogen) atoms. The molecule has 3 atom stereocenters. The predicted molar refractivity (Wildman–Crippen MR) is 128 cm³/mol. The van der Waals surface area contributed by atoms with E-state index < -0.39 is 23.2 Å². The van der Waals surface area contributed by atoms with Crippen LogP contribution in [0.1, 0.15) is 54.7 Å². The second kappa shape index (κ2) is 9.70. The maximum atomic E-state index is 13.2. The molecule has 2 aliphatic rings. The molecular weight excluding hydrogens is 499 g/mol. The molecule has 3 heterocycles. The maximum absolute atomic E-state index is 13.2. The van der Waals surface area contributed by atoms with Gasteiger partial charge in [-0.2, -0.15) is 13.2 Å². The number of guanidine groups is 1. The van der Waals surface area contributed by atoms with Crippen LogP contribution < -0.4 is 11.1 Å². The predicted octanol–water partition coefficient (Wildman–Crippen LogP) is 4.34. The van der Waals surface area contributed by atoms with Gasteiger partial charge in [0.25, 0.3) is 5.91 Å². The summed E-state index contributed by atoms with van der Waals surface area (Å²) in [5.41, 5.74) is 4.66. The topological polar surface area (TPSA) is 110 Å². The number of hydrogen-bond donors (Lipinski definition) is 2. The van der Waals surface area contributed by atoms with Gasteiger partial charge in [-0.1, -0.05) is 23.7 Å². The van der Waals surface area contributed by atoms with E-state index in [1.807, 2.05) is 6.92 Å². The van der Waals surface area contributed by atoms with Crippen LogP contribution in [0.4, 0.5) is 18.9 Å². The standard InChI is InChI=1S/C24H25ClF3N5O3/c1-13-10-15(8-9-36-13)33-19(34)11-23(2,32-22(33)29)16-4-3-5-17(20(16)25)31-21(35)18-7-6-14(12-30-18)24(26,27)28/h3-7,12-13,15H,8-11H2,1-2H3,(H2,29,32)(H,31,35)/t13-,15-,23+/m1/s1. The third-order valence-corrected chi connectivity index (χ3v) is 6.75. The third kappa shape index (κ3) is 5.17. The fraction of sp³-hybridized carbons (Fsp3) is 0.417. The molecule has 2 aromatic rings. The molecule has 0 spiro atoms. The van der Waals surface area contributed by atoms with E-state index in [1.54, 1.807) is 19.1 Å². The first kappa shape index (κ1) is 25.9. The van der Waals surface area contributed by atoms with Crippen molar-refractivity contribution in [1.82, 2.24) is 9.88 Å². The van der Waals surface area contributed by atoms with Crippen LogP contribution in [0.2, 0.25) is 5.02 Å². The van der Waals surface area contributed by atoms with Crippen LogP contribution in [0.25, 0.3) is 0 Å². The zero-order valence-electron chi connectivity index (χ0n) is 19.6. The average molecular weight is 524 g/mol. The van der Waals surface area contributed by atoms with E-state index >= 15 is 0 Å². The van der Waals surface area contributed by atoms with E-state index in [1.165, 1.54) is 11.0 Å². The zero-order chi connectivity index (χ0) is 26.3. The Labute approximate surface area is 210 Å². The molecule has 192 valence electrons. The molecule has 0 bridgehead atoms. The smallest absolute Gasteiger partial charge is 0.378 e. The van der Waals surface area contributed by atoms with E-state index in [9.17, 15) is 22.8 Å². The zero-order valence-corrected chi connectivity index (χ0v) is 20.4. The van der Waals surface area contributed by atoms with Gasteiger partial charge < -0.3 is 15.8 Å². The van der Waals surface area contributed by atoms with Crippen molar-refractivity contribution in [1.29, 1.82) is 0 Å². The van der Waals surface area contributed by atoms with Crippen molar-refractivity contribution >= 4 is 35.1 Å². The number of hydrogen-bond acceptors (Lipinski definition) is 6. The molecule has 3 N–H and O–H groups in total. The van der Waals surface area contributed by atoms with Crippen molar-refractivity contribution in [3.63, 3.8) is 0 Å². The number of rotatable bonds is 4. The first-order valence-electron chi connectivity index (χ1n) is 11.3. The highest BCUT2D eigenvalue weighted by atomic mass is 35.5. The number of nitrogens with two attached hydrogens (primary N) is 1. The number of nitrogens with one attached hydrogen (secondary N) is 1. The van der Waals surface area contributed by atoms with Crippen molar-refractivity contribution in [2.75, 3.05) is 11.9 Å². The van der Waals surface area contributed by atoms with Gasteiger partial charge >= 0.3 is 6.18 Å². The number of carbonyl (C=O) groups excluding carboxylic acids is 2. The number of aromatic nitrogens is 1. The number of benzene rings is 1. The summed E-state index contributed by atoms with van der Waals surface area (Å²) in [5, 5.41) is 2.70. The van der Waals surface area contributed by atoms with E-state index in [0.717, 1.165) is 12.1 Å². The quantitative estimate of drug-likeness (QED) is 0.619. The van der Waals surface area contributed by atoms with Gasteiger partial charge in [-0.05, 0) is 44.9 Å². The number of anilines is 1. The molecule has 2 amide bonds. The molecule has 1 fully saturated rings. The minimum atomic E-state index is -4.56. The summed E-state index contributed by atoms with van der Waals surface area (Å²) in [6.07, 6.45) is -2.65. The van der Waals surface area contributed by atoms with Crippen molar-refractivity contribution in [3.8, 4) is 0 Å². The summed E-state index contributed by atoms with van der Waals surface area (Å²) in [7, 11) is 0. The molecule has 0 radical (unpaired) electrons. The summed E-state index contributed by atoms with van der Waals surface area (Å²) < 4.78 is 43.9. The first-order chi connectivity index (χ1) is 16.9. The highest BCUT2D eigenvalue weighted by molar-refractivity contribution is 6.34. The molecule has 0 unspecified atom stereocenters. The number of amides is 2. The van der Waals surface area contributed by atoms with Crippen LogP contribution in [-0.2, 0) is 21.2 Å². The van der Waals surface area contributed by atoms with Gasteiger partial charge in [0, 0.05) is 24.4 Å². The number of aliphatic imine (C=N–C) groups is 1. The number of alkyl halides is 3. The Morgan fingerprint density at radius 1 is 1.31 bits per heavy atom. The molecule has 8 nitrogen and oxygen atoms in total.